The highest BCUT2D eigenvalue weighted by Gasteiger charge is 2.40. The van der Waals surface area contributed by atoms with E-state index in [1.807, 2.05) is 0 Å². The van der Waals surface area contributed by atoms with E-state index in [-0.39, 0.29) is 0 Å². The summed E-state index contributed by atoms with van der Waals surface area (Å²) < 4.78 is 5.45. The molecular weight excluding hydrogens is 148 g/mol. The van der Waals surface area contributed by atoms with Crippen molar-refractivity contribution in [1.29, 1.82) is 0 Å². The van der Waals surface area contributed by atoms with E-state index in [4.69, 9.17) is 4.74 Å². The lowest BCUT2D eigenvalue weighted by Crippen LogP contribution is -2.18. The maximum absolute atomic E-state index is 5.45. The molecule has 1 heteroatoms. The van der Waals surface area contributed by atoms with Crippen molar-refractivity contribution < 1.29 is 4.74 Å². The Morgan fingerprint density at radius 3 is 2.75 bits per heavy atom. The van der Waals surface area contributed by atoms with Gasteiger partial charge < -0.3 is 4.74 Å². The third-order valence-electron chi connectivity index (χ3n) is 3.90. The van der Waals surface area contributed by atoms with Gasteiger partial charge in [0.25, 0.3) is 0 Å². The minimum Gasteiger partial charge on any atom is -0.381 e. The number of rotatable bonds is 1. The largest absolute Gasteiger partial charge is 0.381 e. The second kappa shape index (κ2) is 2.59. The molecule has 66 valence electrons. The third kappa shape index (κ3) is 0.957. The molecule has 1 saturated carbocycles. The quantitative estimate of drug-likeness (QED) is 0.540. The van der Waals surface area contributed by atoms with Gasteiger partial charge in [-0.25, -0.2) is 0 Å². The van der Waals surface area contributed by atoms with Gasteiger partial charge in [-0.1, -0.05) is 12.2 Å². The van der Waals surface area contributed by atoms with Gasteiger partial charge in [-0.05, 0) is 42.9 Å². The first kappa shape index (κ1) is 7.14. The average molecular weight is 164 g/mol. The van der Waals surface area contributed by atoms with Crippen molar-refractivity contribution in [3.8, 4) is 0 Å². The molecule has 0 aromatic carbocycles. The Morgan fingerprint density at radius 2 is 2.17 bits per heavy atom. The van der Waals surface area contributed by atoms with Crippen LogP contribution in [0.25, 0.3) is 0 Å². The predicted octanol–water partition coefficient (Wildman–Crippen LogP) is 2.24. The number of hydrogen-bond acceptors (Lipinski definition) is 1. The van der Waals surface area contributed by atoms with Gasteiger partial charge in [-0.3, -0.25) is 0 Å². The smallest absolute Gasteiger partial charge is 0.0497 e. The van der Waals surface area contributed by atoms with Gasteiger partial charge in [0, 0.05) is 13.2 Å². The normalized spacial score (nSPS) is 50.7. The molecule has 1 heterocycles. The summed E-state index contributed by atoms with van der Waals surface area (Å²) >= 11 is 0. The molecule has 1 aliphatic heterocycles. The molecule has 0 N–H and O–H groups in total. The summed E-state index contributed by atoms with van der Waals surface area (Å²) in [7, 11) is 0. The van der Waals surface area contributed by atoms with E-state index in [2.05, 4.69) is 12.2 Å². The first-order valence-corrected chi connectivity index (χ1v) is 5.19. The second-order valence-corrected chi connectivity index (χ2v) is 4.57. The molecule has 0 aromatic rings. The molecule has 2 fully saturated rings. The van der Waals surface area contributed by atoms with Crippen LogP contribution in [-0.4, -0.2) is 13.2 Å². The zero-order valence-electron chi connectivity index (χ0n) is 7.41. The second-order valence-electron chi connectivity index (χ2n) is 4.57. The Hall–Kier alpha value is -0.300. The molecule has 1 saturated heterocycles. The lowest BCUT2D eigenvalue weighted by atomic mass is 9.82. The van der Waals surface area contributed by atoms with E-state index in [1.54, 1.807) is 0 Å². The molecule has 3 aliphatic rings. The fourth-order valence-electron chi connectivity index (χ4n) is 3.26. The maximum atomic E-state index is 5.45. The molecule has 4 atom stereocenters. The molecule has 12 heavy (non-hydrogen) atoms. The molecule has 2 aliphatic carbocycles. The topological polar surface area (TPSA) is 9.23 Å². The highest BCUT2D eigenvalue weighted by atomic mass is 16.5. The lowest BCUT2D eigenvalue weighted by molar-refractivity contribution is 0.165. The monoisotopic (exact) mass is 164 g/mol. The van der Waals surface area contributed by atoms with Crippen LogP contribution in [0.5, 0.6) is 0 Å². The first-order chi connectivity index (χ1) is 5.93. The fourth-order valence-corrected chi connectivity index (χ4v) is 3.26. The number of hydrogen-bond donors (Lipinski definition) is 0. The zero-order valence-corrected chi connectivity index (χ0v) is 7.41. The van der Waals surface area contributed by atoms with Crippen LogP contribution in [-0.2, 0) is 4.74 Å². The van der Waals surface area contributed by atoms with Crippen molar-refractivity contribution in [1.82, 2.24) is 0 Å². The standard InChI is InChI=1S/C11H16O/c1-2-9-5-8(1)6-11(9)10-3-4-12-7-10/h1-2,8-11H,3-7H2. The maximum Gasteiger partial charge on any atom is 0.0497 e. The van der Waals surface area contributed by atoms with Crippen molar-refractivity contribution in [3.05, 3.63) is 12.2 Å². The molecule has 2 bridgehead atoms. The van der Waals surface area contributed by atoms with Gasteiger partial charge in [0.05, 0.1) is 0 Å². The van der Waals surface area contributed by atoms with Crippen molar-refractivity contribution in [2.45, 2.75) is 19.3 Å². The van der Waals surface area contributed by atoms with E-state index in [0.29, 0.717) is 0 Å². The van der Waals surface area contributed by atoms with Crippen LogP contribution < -0.4 is 0 Å². The Morgan fingerprint density at radius 1 is 1.17 bits per heavy atom. The summed E-state index contributed by atoms with van der Waals surface area (Å²) in [4.78, 5) is 0. The lowest BCUT2D eigenvalue weighted by Gasteiger charge is -2.23. The summed E-state index contributed by atoms with van der Waals surface area (Å²) in [6.07, 6.45) is 9.10. The fraction of sp³-hybridized carbons (Fsp3) is 0.818. The molecule has 0 aromatic heterocycles. The van der Waals surface area contributed by atoms with E-state index in [9.17, 15) is 0 Å². The van der Waals surface area contributed by atoms with Crippen LogP contribution in [0.3, 0.4) is 0 Å². The van der Waals surface area contributed by atoms with E-state index in [1.165, 1.54) is 19.3 Å². The van der Waals surface area contributed by atoms with Crippen LogP contribution in [0.2, 0.25) is 0 Å². The van der Waals surface area contributed by atoms with Crippen LogP contribution >= 0.6 is 0 Å². The minimum absolute atomic E-state index is 0.893. The van der Waals surface area contributed by atoms with Crippen LogP contribution in [0.15, 0.2) is 12.2 Å². The first-order valence-electron chi connectivity index (χ1n) is 5.19. The van der Waals surface area contributed by atoms with Gasteiger partial charge in [-0.2, -0.15) is 0 Å². The molecule has 0 amide bonds. The van der Waals surface area contributed by atoms with Gasteiger partial charge >= 0.3 is 0 Å². The van der Waals surface area contributed by atoms with Gasteiger partial charge in [-0.15, -0.1) is 0 Å². The number of fused-ring (bicyclic) bond motifs is 2. The van der Waals surface area contributed by atoms with Crippen molar-refractivity contribution in [3.63, 3.8) is 0 Å². The average Bonchev–Trinajstić information content (AvgIpc) is 2.81. The SMILES string of the molecule is C1=CC2CC1CC2C1CCOC1. The van der Waals surface area contributed by atoms with Crippen LogP contribution in [0.1, 0.15) is 19.3 Å². The summed E-state index contributed by atoms with van der Waals surface area (Å²) in [5, 5.41) is 0. The third-order valence-corrected chi connectivity index (χ3v) is 3.90. The van der Waals surface area contributed by atoms with E-state index >= 15 is 0 Å². The Labute approximate surface area is 73.8 Å². The van der Waals surface area contributed by atoms with Crippen molar-refractivity contribution in [2.75, 3.05) is 13.2 Å². The Bertz CT molecular complexity index is 203. The zero-order chi connectivity index (χ0) is 7.97. The molecule has 0 radical (unpaired) electrons. The summed E-state index contributed by atoms with van der Waals surface area (Å²) in [5.74, 6) is 3.72. The summed E-state index contributed by atoms with van der Waals surface area (Å²) in [6.45, 7) is 2.06. The highest BCUT2D eigenvalue weighted by molar-refractivity contribution is 5.11. The van der Waals surface area contributed by atoms with E-state index in [0.717, 1.165) is 36.9 Å². The Balaban J connectivity index is 1.74. The van der Waals surface area contributed by atoms with Crippen LogP contribution in [0.4, 0.5) is 0 Å². The molecule has 1 nitrogen and oxygen atoms in total. The molecule has 0 spiro atoms. The predicted molar refractivity (Wildman–Crippen MR) is 47.8 cm³/mol. The number of allylic oxidation sites excluding steroid dienone is 2. The molecule has 4 unspecified atom stereocenters. The Kier molecular flexibility index (Phi) is 1.54. The summed E-state index contributed by atoms with van der Waals surface area (Å²) in [5.41, 5.74) is 0. The number of ether oxygens (including phenoxy) is 1. The van der Waals surface area contributed by atoms with Crippen molar-refractivity contribution in [2.24, 2.45) is 23.7 Å². The van der Waals surface area contributed by atoms with E-state index < -0.39 is 0 Å². The van der Waals surface area contributed by atoms with Gasteiger partial charge in [0.15, 0.2) is 0 Å². The summed E-state index contributed by atoms with van der Waals surface area (Å²) in [6, 6.07) is 0. The molecular formula is C11H16O. The van der Waals surface area contributed by atoms with Gasteiger partial charge in [0.2, 0.25) is 0 Å². The highest BCUT2D eigenvalue weighted by Crippen LogP contribution is 2.48. The van der Waals surface area contributed by atoms with Crippen LogP contribution in [0, 0.1) is 23.7 Å². The van der Waals surface area contributed by atoms with Gasteiger partial charge in [0.1, 0.15) is 0 Å². The minimum atomic E-state index is 0.893. The van der Waals surface area contributed by atoms with Crippen molar-refractivity contribution >= 4 is 0 Å². The molecule has 3 rings (SSSR count).